The molecule has 0 aliphatic heterocycles. The van der Waals surface area contributed by atoms with Crippen molar-refractivity contribution in [2.24, 2.45) is 11.7 Å². The highest BCUT2D eigenvalue weighted by Crippen LogP contribution is 2.29. The van der Waals surface area contributed by atoms with Gasteiger partial charge in [-0.15, -0.1) is 0 Å². The molecule has 0 aliphatic rings. The Hall–Kier alpha value is -3.63. The first-order chi connectivity index (χ1) is 16.1. The second-order valence-electron chi connectivity index (χ2n) is 7.65. The normalized spacial score (nSPS) is 12.1. The van der Waals surface area contributed by atoms with Crippen molar-refractivity contribution < 1.29 is 22.7 Å². The van der Waals surface area contributed by atoms with E-state index in [0.29, 0.717) is 16.8 Å². The predicted molar refractivity (Wildman–Crippen MR) is 130 cm³/mol. The fourth-order valence-electron chi connectivity index (χ4n) is 3.06. The van der Waals surface area contributed by atoms with Crippen LogP contribution in [0.25, 0.3) is 11.1 Å². The van der Waals surface area contributed by atoms with Crippen LogP contribution < -0.4 is 15.8 Å². The Labute approximate surface area is 202 Å². The molecule has 1 heterocycles. The van der Waals surface area contributed by atoms with Crippen LogP contribution >= 0.6 is 11.6 Å². The molecule has 4 N–H and O–H groups in total. The van der Waals surface area contributed by atoms with Gasteiger partial charge in [0.1, 0.15) is 0 Å². The van der Waals surface area contributed by atoms with Gasteiger partial charge < -0.3 is 15.8 Å². The molecule has 2 aromatic carbocycles. The van der Waals surface area contributed by atoms with E-state index in [1.165, 1.54) is 18.3 Å². The first kappa shape index (κ1) is 25.0. The quantitative estimate of drug-likeness (QED) is 0.393. The second kappa shape index (κ2) is 10.5. The fraction of sp³-hybridized carbons (Fsp3) is 0.174. The molecule has 0 unspecified atom stereocenters. The first-order valence-electron chi connectivity index (χ1n) is 10.2. The highest BCUT2D eigenvalue weighted by Gasteiger charge is 2.25. The molecule has 1 atom stereocenters. The van der Waals surface area contributed by atoms with Gasteiger partial charge in [-0.1, -0.05) is 55.8 Å². The van der Waals surface area contributed by atoms with Crippen LogP contribution in [0.5, 0.6) is 0 Å². The summed E-state index contributed by atoms with van der Waals surface area (Å²) in [7, 11) is -3.85. The number of amides is 2. The number of nitrogens with two attached hydrogens (primary N) is 1. The van der Waals surface area contributed by atoms with Crippen LogP contribution in [-0.4, -0.2) is 31.5 Å². The number of rotatable bonds is 8. The van der Waals surface area contributed by atoms with Crippen molar-refractivity contribution in [1.82, 2.24) is 4.98 Å². The van der Waals surface area contributed by atoms with E-state index in [2.05, 4.69) is 15.0 Å². The minimum absolute atomic E-state index is 0.00122. The third-order valence-electron chi connectivity index (χ3n) is 4.73. The number of hydrogen-bond donors (Lipinski definition) is 3. The van der Waals surface area contributed by atoms with Crippen molar-refractivity contribution >= 4 is 45.0 Å². The number of halogens is 1. The Morgan fingerprint density at radius 3 is 2.26 bits per heavy atom. The summed E-state index contributed by atoms with van der Waals surface area (Å²) >= 11 is 6.12. The maximum atomic E-state index is 12.6. The van der Waals surface area contributed by atoms with Crippen LogP contribution in [0.4, 0.5) is 16.2 Å². The Balaban J connectivity index is 1.78. The molecule has 0 saturated heterocycles. The zero-order chi connectivity index (χ0) is 24.9. The van der Waals surface area contributed by atoms with E-state index >= 15 is 0 Å². The number of aromatic nitrogens is 1. The molecule has 3 aromatic rings. The van der Waals surface area contributed by atoms with Gasteiger partial charge in [0.25, 0.3) is 15.9 Å². The number of nitrogens with one attached hydrogen (secondary N) is 2. The highest BCUT2D eigenvalue weighted by molar-refractivity contribution is 7.92. The van der Waals surface area contributed by atoms with Crippen LogP contribution in [0.3, 0.4) is 0 Å². The largest absolute Gasteiger partial charge is 0.436 e. The summed E-state index contributed by atoms with van der Waals surface area (Å²) in [6.45, 7) is 3.46. The topological polar surface area (TPSA) is 140 Å². The number of benzene rings is 2. The number of sulfonamides is 1. The molecule has 0 spiro atoms. The summed E-state index contributed by atoms with van der Waals surface area (Å²) in [5.41, 5.74) is 6.95. The number of carbonyl (C=O) groups is 2. The molecule has 9 nitrogen and oxygen atoms in total. The van der Waals surface area contributed by atoms with Gasteiger partial charge in [0.05, 0.1) is 10.6 Å². The highest BCUT2D eigenvalue weighted by atomic mass is 35.5. The SMILES string of the molecule is CC(C)[C@H](OC(N)=O)C(=O)Nc1ccc(-c2cnc(Cl)c(NS(=O)(=O)c3ccccc3)c2)cc1. The van der Waals surface area contributed by atoms with Gasteiger partial charge in [-0.25, -0.2) is 18.2 Å². The zero-order valence-electron chi connectivity index (χ0n) is 18.4. The van der Waals surface area contributed by atoms with Crippen LogP contribution in [0.15, 0.2) is 71.8 Å². The van der Waals surface area contributed by atoms with E-state index in [1.807, 2.05) is 0 Å². The number of hydrogen-bond acceptors (Lipinski definition) is 6. The molecular weight excluding hydrogens is 480 g/mol. The van der Waals surface area contributed by atoms with Crippen LogP contribution in [-0.2, 0) is 19.6 Å². The van der Waals surface area contributed by atoms with Crippen molar-refractivity contribution in [3.05, 3.63) is 72.0 Å². The number of anilines is 2. The molecule has 0 bridgehead atoms. The van der Waals surface area contributed by atoms with E-state index in [4.69, 9.17) is 22.1 Å². The predicted octanol–water partition coefficient (Wildman–Crippen LogP) is 4.26. The summed E-state index contributed by atoms with van der Waals surface area (Å²) in [6.07, 6.45) is -0.554. The Bertz CT molecular complexity index is 1280. The molecule has 0 saturated carbocycles. The van der Waals surface area contributed by atoms with Crippen molar-refractivity contribution in [1.29, 1.82) is 0 Å². The molecule has 11 heteroatoms. The second-order valence-corrected chi connectivity index (χ2v) is 9.69. The third kappa shape index (κ3) is 6.24. The lowest BCUT2D eigenvalue weighted by molar-refractivity contribution is -0.126. The van der Waals surface area contributed by atoms with Gasteiger partial charge in [0.15, 0.2) is 11.3 Å². The van der Waals surface area contributed by atoms with Crippen molar-refractivity contribution in [2.45, 2.75) is 24.8 Å². The van der Waals surface area contributed by atoms with E-state index in [-0.39, 0.29) is 21.7 Å². The van der Waals surface area contributed by atoms with Crippen LogP contribution in [0.2, 0.25) is 5.15 Å². The Morgan fingerprint density at radius 1 is 1.03 bits per heavy atom. The standard InChI is InChI=1S/C23H23ClN4O5S/c1-14(2)20(33-23(25)30)22(29)27-17-10-8-15(9-11-17)16-12-19(21(24)26-13-16)28-34(31,32)18-6-4-3-5-7-18/h3-14,20,28H,1-2H3,(H2,25,30)(H,27,29)/t20-/m0/s1. The molecular formula is C23H23ClN4O5S. The minimum Gasteiger partial charge on any atom is -0.436 e. The minimum atomic E-state index is -3.85. The molecule has 1 aromatic heterocycles. The van der Waals surface area contributed by atoms with E-state index in [0.717, 1.165) is 0 Å². The summed E-state index contributed by atoms with van der Waals surface area (Å²) in [5.74, 6) is -0.780. The van der Waals surface area contributed by atoms with E-state index in [9.17, 15) is 18.0 Å². The first-order valence-corrected chi connectivity index (χ1v) is 12.0. The van der Waals surface area contributed by atoms with Gasteiger partial charge in [-0.3, -0.25) is 9.52 Å². The van der Waals surface area contributed by atoms with Crippen molar-refractivity contribution in [3.63, 3.8) is 0 Å². The summed E-state index contributed by atoms with van der Waals surface area (Å²) < 4.78 is 32.6. The number of primary amides is 1. The molecule has 0 fully saturated rings. The third-order valence-corrected chi connectivity index (χ3v) is 6.41. The van der Waals surface area contributed by atoms with Crippen LogP contribution in [0, 0.1) is 5.92 Å². The van der Waals surface area contributed by atoms with Gasteiger partial charge >= 0.3 is 6.09 Å². The molecule has 0 radical (unpaired) electrons. The number of ether oxygens (including phenoxy) is 1. The number of pyridine rings is 1. The molecule has 0 aliphatic carbocycles. The average Bonchev–Trinajstić information content (AvgIpc) is 2.79. The van der Waals surface area contributed by atoms with Gasteiger partial charge in [-0.05, 0) is 41.8 Å². The fourth-order valence-corrected chi connectivity index (χ4v) is 4.34. The Kier molecular flexibility index (Phi) is 7.75. The maximum Gasteiger partial charge on any atom is 0.405 e. The zero-order valence-corrected chi connectivity index (χ0v) is 19.9. The molecule has 3 rings (SSSR count). The molecule has 34 heavy (non-hydrogen) atoms. The lowest BCUT2D eigenvalue weighted by Crippen LogP contribution is -2.38. The molecule has 2 amide bonds. The van der Waals surface area contributed by atoms with Gasteiger partial charge in [0.2, 0.25) is 0 Å². The average molecular weight is 503 g/mol. The maximum absolute atomic E-state index is 12.6. The smallest absolute Gasteiger partial charge is 0.405 e. The lowest BCUT2D eigenvalue weighted by atomic mass is 10.1. The van der Waals surface area contributed by atoms with Crippen molar-refractivity contribution in [3.8, 4) is 11.1 Å². The monoisotopic (exact) mass is 502 g/mol. The summed E-state index contributed by atoms with van der Waals surface area (Å²) in [6, 6.07) is 16.2. The molecule has 178 valence electrons. The van der Waals surface area contributed by atoms with Gasteiger partial charge in [-0.2, -0.15) is 0 Å². The van der Waals surface area contributed by atoms with E-state index in [1.54, 1.807) is 62.4 Å². The number of nitrogens with zero attached hydrogens (tertiary/aromatic N) is 1. The van der Waals surface area contributed by atoms with Crippen molar-refractivity contribution in [2.75, 3.05) is 10.0 Å². The summed E-state index contributed by atoms with van der Waals surface area (Å²) in [5, 5.41) is 2.68. The Morgan fingerprint density at radius 2 is 1.68 bits per heavy atom. The lowest BCUT2D eigenvalue weighted by Gasteiger charge is -2.19. The van der Waals surface area contributed by atoms with Crippen LogP contribution in [0.1, 0.15) is 13.8 Å². The summed E-state index contributed by atoms with van der Waals surface area (Å²) in [4.78, 5) is 27.7. The number of carbonyl (C=O) groups excluding carboxylic acids is 2. The van der Waals surface area contributed by atoms with E-state index < -0.39 is 28.1 Å². The van der Waals surface area contributed by atoms with Gasteiger partial charge in [0, 0.05) is 17.4 Å².